The molecule has 1 amide bonds. The average Bonchev–Trinajstić information content (AvgIpc) is 2.79. The normalized spacial score (nSPS) is 11.5. The molecule has 1 heterocycles. The molecule has 0 saturated heterocycles. The summed E-state index contributed by atoms with van der Waals surface area (Å²) in [5, 5.41) is 10.8. The number of hydrogen-bond donors (Lipinski definition) is 1. The Hall–Kier alpha value is -3.68. The van der Waals surface area contributed by atoms with Crippen molar-refractivity contribution in [3.63, 3.8) is 0 Å². The fourth-order valence-electron chi connectivity index (χ4n) is 2.68. The molecule has 8 heteroatoms. The van der Waals surface area contributed by atoms with Crippen LogP contribution in [-0.2, 0) is 4.79 Å². The first-order valence-corrected chi connectivity index (χ1v) is 9.95. The highest BCUT2D eigenvalue weighted by atomic mass is 19.1. The van der Waals surface area contributed by atoms with Crippen molar-refractivity contribution in [1.29, 1.82) is 0 Å². The molecule has 0 aliphatic heterocycles. The number of amides is 1. The van der Waals surface area contributed by atoms with Gasteiger partial charge in [-0.1, -0.05) is 0 Å². The van der Waals surface area contributed by atoms with E-state index in [1.54, 1.807) is 55.5 Å². The molecule has 0 bridgehead atoms. The predicted octanol–water partition coefficient (Wildman–Crippen LogP) is 3.64. The summed E-state index contributed by atoms with van der Waals surface area (Å²) in [6, 6.07) is 16.5. The average molecular weight is 425 g/mol. The summed E-state index contributed by atoms with van der Waals surface area (Å²) < 4.78 is 29.5. The Morgan fingerprint density at radius 3 is 2.32 bits per heavy atom. The molecule has 3 rings (SSSR count). The molecule has 0 fully saturated rings. The number of carbonyl (C=O) groups is 1. The van der Waals surface area contributed by atoms with Crippen LogP contribution in [0.3, 0.4) is 0 Å². The van der Waals surface area contributed by atoms with Gasteiger partial charge in [-0.3, -0.25) is 4.79 Å². The Morgan fingerprint density at radius 1 is 0.968 bits per heavy atom. The molecule has 31 heavy (non-hydrogen) atoms. The lowest BCUT2D eigenvalue weighted by atomic mass is 10.1. The SMILES string of the molecule is CCOc1ccc(OC(C)C(=O)NCCOc2ccc(-c3ccc(F)cc3)nn2)cc1. The summed E-state index contributed by atoms with van der Waals surface area (Å²) >= 11 is 0. The van der Waals surface area contributed by atoms with Gasteiger partial charge >= 0.3 is 0 Å². The van der Waals surface area contributed by atoms with E-state index in [9.17, 15) is 9.18 Å². The van der Waals surface area contributed by atoms with Crippen LogP contribution in [0.15, 0.2) is 60.7 Å². The minimum absolute atomic E-state index is 0.228. The van der Waals surface area contributed by atoms with Crippen LogP contribution < -0.4 is 19.5 Å². The van der Waals surface area contributed by atoms with E-state index in [-0.39, 0.29) is 24.9 Å². The van der Waals surface area contributed by atoms with Crippen molar-refractivity contribution in [3.05, 3.63) is 66.5 Å². The molecule has 162 valence electrons. The van der Waals surface area contributed by atoms with E-state index in [0.717, 1.165) is 11.3 Å². The Balaban J connectivity index is 1.39. The van der Waals surface area contributed by atoms with E-state index in [2.05, 4.69) is 15.5 Å². The fraction of sp³-hybridized carbons (Fsp3) is 0.261. The molecule has 3 aromatic rings. The Morgan fingerprint density at radius 2 is 1.68 bits per heavy atom. The molecule has 1 aromatic heterocycles. The largest absolute Gasteiger partial charge is 0.494 e. The standard InChI is InChI=1S/C23H24FN3O4/c1-3-29-19-8-10-20(11-9-19)31-16(2)23(28)25-14-15-30-22-13-12-21(26-27-22)17-4-6-18(24)7-5-17/h4-13,16H,3,14-15H2,1-2H3,(H,25,28). The first-order chi connectivity index (χ1) is 15.0. The van der Waals surface area contributed by atoms with E-state index in [1.807, 2.05) is 6.92 Å². The first-order valence-electron chi connectivity index (χ1n) is 9.95. The van der Waals surface area contributed by atoms with Gasteiger partial charge in [-0.2, -0.15) is 0 Å². The maximum atomic E-state index is 13.0. The second-order valence-electron chi connectivity index (χ2n) is 6.57. The number of nitrogens with zero attached hydrogens (tertiary/aromatic N) is 2. The van der Waals surface area contributed by atoms with E-state index in [1.165, 1.54) is 12.1 Å². The van der Waals surface area contributed by atoms with E-state index in [4.69, 9.17) is 14.2 Å². The van der Waals surface area contributed by atoms with Crippen LogP contribution in [0, 0.1) is 5.82 Å². The molecule has 2 aromatic carbocycles. The number of ether oxygens (including phenoxy) is 3. The van der Waals surface area contributed by atoms with Gasteiger partial charge in [0.05, 0.1) is 18.8 Å². The number of aromatic nitrogens is 2. The lowest BCUT2D eigenvalue weighted by Crippen LogP contribution is -2.38. The monoisotopic (exact) mass is 425 g/mol. The first kappa shape index (κ1) is 22.0. The second-order valence-corrected chi connectivity index (χ2v) is 6.57. The Labute approximate surface area is 180 Å². The highest BCUT2D eigenvalue weighted by Crippen LogP contribution is 2.19. The lowest BCUT2D eigenvalue weighted by molar-refractivity contribution is -0.127. The van der Waals surface area contributed by atoms with Crippen molar-refractivity contribution in [2.24, 2.45) is 0 Å². The molecule has 7 nitrogen and oxygen atoms in total. The number of rotatable bonds is 10. The van der Waals surface area contributed by atoms with Crippen LogP contribution in [0.25, 0.3) is 11.3 Å². The number of benzene rings is 2. The van der Waals surface area contributed by atoms with Crippen LogP contribution >= 0.6 is 0 Å². The third-order valence-corrected chi connectivity index (χ3v) is 4.25. The lowest BCUT2D eigenvalue weighted by Gasteiger charge is -2.15. The zero-order valence-corrected chi connectivity index (χ0v) is 17.4. The summed E-state index contributed by atoms with van der Waals surface area (Å²) in [4.78, 5) is 12.2. The number of hydrogen-bond acceptors (Lipinski definition) is 6. The minimum atomic E-state index is -0.660. The van der Waals surface area contributed by atoms with Crippen molar-refractivity contribution in [1.82, 2.24) is 15.5 Å². The highest BCUT2D eigenvalue weighted by Gasteiger charge is 2.14. The van der Waals surface area contributed by atoms with Gasteiger partial charge in [0.1, 0.15) is 23.9 Å². The molecule has 1 unspecified atom stereocenters. The van der Waals surface area contributed by atoms with Crippen LogP contribution in [0.4, 0.5) is 4.39 Å². The zero-order chi connectivity index (χ0) is 22.1. The van der Waals surface area contributed by atoms with Gasteiger partial charge in [0.25, 0.3) is 5.91 Å². The van der Waals surface area contributed by atoms with Gasteiger partial charge in [-0.25, -0.2) is 4.39 Å². The van der Waals surface area contributed by atoms with Crippen molar-refractivity contribution in [2.75, 3.05) is 19.8 Å². The van der Waals surface area contributed by atoms with E-state index in [0.29, 0.717) is 23.9 Å². The fourth-order valence-corrected chi connectivity index (χ4v) is 2.68. The smallest absolute Gasteiger partial charge is 0.260 e. The van der Waals surface area contributed by atoms with Crippen molar-refractivity contribution < 1.29 is 23.4 Å². The second kappa shape index (κ2) is 10.9. The van der Waals surface area contributed by atoms with Gasteiger partial charge < -0.3 is 19.5 Å². The predicted molar refractivity (Wildman–Crippen MR) is 114 cm³/mol. The number of nitrogens with one attached hydrogen (secondary N) is 1. The number of carbonyl (C=O) groups excluding carboxylic acids is 1. The molecule has 0 aliphatic rings. The third kappa shape index (κ3) is 6.67. The topological polar surface area (TPSA) is 82.6 Å². The summed E-state index contributed by atoms with van der Waals surface area (Å²) in [6.07, 6.45) is -0.660. The molecule has 0 saturated carbocycles. The maximum absolute atomic E-state index is 13.0. The van der Waals surface area contributed by atoms with Crippen molar-refractivity contribution in [3.8, 4) is 28.6 Å². The van der Waals surface area contributed by atoms with Gasteiger partial charge in [0.2, 0.25) is 5.88 Å². The third-order valence-electron chi connectivity index (χ3n) is 4.25. The Bertz CT molecular complexity index is 964. The van der Waals surface area contributed by atoms with Crippen molar-refractivity contribution in [2.45, 2.75) is 20.0 Å². The van der Waals surface area contributed by atoms with E-state index >= 15 is 0 Å². The summed E-state index contributed by atoms with van der Waals surface area (Å²) in [5.74, 6) is 1.10. The van der Waals surface area contributed by atoms with Crippen LogP contribution in [0.2, 0.25) is 0 Å². The van der Waals surface area contributed by atoms with Crippen LogP contribution in [0.5, 0.6) is 17.4 Å². The maximum Gasteiger partial charge on any atom is 0.260 e. The quantitative estimate of drug-likeness (QED) is 0.500. The van der Waals surface area contributed by atoms with Gasteiger partial charge in [-0.15, -0.1) is 10.2 Å². The molecule has 0 aliphatic carbocycles. The molecule has 1 N–H and O–H groups in total. The number of halogens is 1. The molecule has 1 atom stereocenters. The highest BCUT2D eigenvalue weighted by molar-refractivity contribution is 5.80. The van der Waals surface area contributed by atoms with Gasteiger partial charge in [-0.05, 0) is 68.4 Å². The molecule has 0 spiro atoms. The molecular formula is C23H24FN3O4. The van der Waals surface area contributed by atoms with Gasteiger partial charge in [0.15, 0.2) is 6.10 Å². The summed E-state index contributed by atoms with van der Waals surface area (Å²) in [7, 11) is 0. The summed E-state index contributed by atoms with van der Waals surface area (Å²) in [6.45, 7) is 4.69. The zero-order valence-electron chi connectivity index (χ0n) is 17.4. The molecular weight excluding hydrogens is 401 g/mol. The summed E-state index contributed by atoms with van der Waals surface area (Å²) in [5.41, 5.74) is 1.37. The van der Waals surface area contributed by atoms with Crippen molar-refractivity contribution >= 4 is 5.91 Å². The van der Waals surface area contributed by atoms with E-state index < -0.39 is 6.10 Å². The minimum Gasteiger partial charge on any atom is -0.494 e. The Kier molecular flexibility index (Phi) is 7.75. The van der Waals surface area contributed by atoms with Gasteiger partial charge in [0, 0.05) is 11.6 Å². The van der Waals surface area contributed by atoms with Crippen LogP contribution in [-0.4, -0.2) is 42.0 Å². The molecule has 0 radical (unpaired) electrons. The van der Waals surface area contributed by atoms with Crippen LogP contribution in [0.1, 0.15) is 13.8 Å².